The van der Waals surface area contributed by atoms with E-state index in [9.17, 15) is 9.18 Å². The molecule has 0 aliphatic carbocycles. The minimum absolute atomic E-state index is 0.0754. The molecule has 1 atom stereocenters. The number of para-hydroxylation sites is 3. The second-order valence-electron chi connectivity index (χ2n) is 6.66. The van der Waals surface area contributed by atoms with Gasteiger partial charge in [-0.25, -0.2) is 9.37 Å². The number of fused-ring (bicyclic) bond motifs is 1. The van der Waals surface area contributed by atoms with E-state index in [1.807, 2.05) is 31.2 Å². The Balaban J connectivity index is 1.67. The second-order valence-corrected chi connectivity index (χ2v) is 6.66. The van der Waals surface area contributed by atoms with Crippen LogP contribution >= 0.6 is 0 Å². The number of aromatic nitrogens is 2. The van der Waals surface area contributed by atoms with Crippen LogP contribution in [0.3, 0.4) is 0 Å². The van der Waals surface area contributed by atoms with Crippen LogP contribution in [0.1, 0.15) is 25.1 Å². The lowest BCUT2D eigenvalue weighted by molar-refractivity contribution is -0.117. The van der Waals surface area contributed by atoms with Crippen molar-refractivity contribution in [3.63, 3.8) is 0 Å². The maximum atomic E-state index is 14.2. The van der Waals surface area contributed by atoms with Crippen LogP contribution in [0.5, 0.6) is 0 Å². The molecular weight excluding hydrogens is 345 g/mol. The summed E-state index contributed by atoms with van der Waals surface area (Å²) in [7, 11) is 0. The molecule has 6 heteroatoms. The third-order valence-electron chi connectivity index (χ3n) is 4.98. The van der Waals surface area contributed by atoms with Crippen LogP contribution in [0.25, 0.3) is 11.0 Å². The van der Waals surface area contributed by atoms with Crippen LogP contribution in [0.4, 0.5) is 10.1 Å². The standard InChI is InChI=1S/C21H22FN3O2/c1-2-27-12-11-24-19-10-6-4-8-17(19)23-21(24)15-13-20(26)25(14-15)18-9-5-3-7-16(18)22/h3-10,15H,2,11-14H2,1H3. The van der Waals surface area contributed by atoms with Crippen LogP contribution in [0.2, 0.25) is 0 Å². The lowest BCUT2D eigenvalue weighted by Gasteiger charge is -2.18. The fraction of sp³-hybridized carbons (Fsp3) is 0.333. The highest BCUT2D eigenvalue weighted by Crippen LogP contribution is 2.34. The molecule has 27 heavy (non-hydrogen) atoms. The van der Waals surface area contributed by atoms with Crippen molar-refractivity contribution in [2.45, 2.75) is 25.8 Å². The van der Waals surface area contributed by atoms with Crippen molar-refractivity contribution >= 4 is 22.6 Å². The predicted octanol–water partition coefficient (Wildman–Crippen LogP) is 3.73. The molecule has 1 amide bonds. The molecule has 0 radical (unpaired) electrons. The van der Waals surface area contributed by atoms with Gasteiger partial charge in [0, 0.05) is 32.0 Å². The number of anilines is 1. The van der Waals surface area contributed by atoms with Crippen molar-refractivity contribution in [1.82, 2.24) is 9.55 Å². The fourth-order valence-electron chi connectivity index (χ4n) is 3.72. The molecule has 1 aliphatic heterocycles. The van der Waals surface area contributed by atoms with Crippen LogP contribution in [0.15, 0.2) is 48.5 Å². The topological polar surface area (TPSA) is 47.4 Å². The molecular formula is C21H22FN3O2. The van der Waals surface area contributed by atoms with Crippen LogP contribution in [0, 0.1) is 5.82 Å². The molecule has 1 aromatic heterocycles. The van der Waals surface area contributed by atoms with Crippen molar-refractivity contribution in [3.8, 4) is 0 Å². The number of rotatable bonds is 6. The van der Waals surface area contributed by atoms with Gasteiger partial charge in [0.05, 0.1) is 23.3 Å². The monoisotopic (exact) mass is 367 g/mol. The van der Waals surface area contributed by atoms with E-state index in [4.69, 9.17) is 9.72 Å². The normalized spacial score (nSPS) is 17.2. The molecule has 5 nitrogen and oxygen atoms in total. The van der Waals surface area contributed by atoms with Gasteiger partial charge < -0.3 is 14.2 Å². The Labute approximate surface area is 157 Å². The lowest BCUT2D eigenvalue weighted by Crippen LogP contribution is -2.25. The Morgan fingerprint density at radius 3 is 2.78 bits per heavy atom. The number of halogens is 1. The smallest absolute Gasteiger partial charge is 0.227 e. The fourth-order valence-corrected chi connectivity index (χ4v) is 3.72. The highest BCUT2D eigenvalue weighted by molar-refractivity contribution is 5.96. The van der Waals surface area contributed by atoms with Gasteiger partial charge in [-0.2, -0.15) is 0 Å². The van der Waals surface area contributed by atoms with Gasteiger partial charge in [0.2, 0.25) is 5.91 Å². The Morgan fingerprint density at radius 1 is 1.19 bits per heavy atom. The Hall–Kier alpha value is -2.73. The van der Waals surface area contributed by atoms with Crippen molar-refractivity contribution in [3.05, 3.63) is 60.2 Å². The average Bonchev–Trinajstić information content (AvgIpc) is 3.23. The number of ether oxygens (including phenoxy) is 1. The highest BCUT2D eigenvalue weighted by Gasteiger charge is 2.35. The number of hydrogen-bond donors (Lipinski definition) is 0. The first-order valence-electron chi connectivity index (χ1n) is 9.27. The highest BCUT2D eigenvalue weighted by atomic mass is 19.1. The summed E-state index contributed by atoms with van der Waals surface area (Å²) in [6, 6.07) is 14.3. The number of hydrogen-bond acceptors (Lipinski definition) is 3. The summed E-state index contributed by atoms with van der Waals surface area (Å²) >= 11 is 0. The molecule has 0 N–H and O–H groups in total. The zero-order valence-electron chi connectivity index (χ0n) is 15.3. The Bertz CT molecular complexity index is 969. The molecule has 2 heterocycles. The van der Waals surface area contributed by atoms with Crippen molar-refractivity contribution < 1.29 is 13.9 Å². The molecule has 140 valence electrons. The summed E-state index contributed by atoms with van der Waals surface area (Å²) in [6.07, 6.45) is 0.326. The minimum atomic E-state index is -0.378. The SMILES string of the molecule is CCOCCn1c(C2CC(=O)N(c3ccccc3F)C2)nc2ccccc21. The number of imidazole rings is 1. The largest absolute Gasteiger partial charge is 0.380 e. The Kier molecular flexibility index (Phi) is 4.90. The number of nitrogens with zero attached hydrogens (tertiary/aromatic N) is 3. The zero-order valence-corrected chi connectivity index (χ0v) is 15.3. The van der Waals surface area contributed by atoms with Gasteiger partial charge in [-0.05, 0) is 31.2 Å². The van der Waals surface area contributed by atoms with E-state index in [1.165, 1.54) is 11.0 Å². The predicted molar refractivity (Wildman–Crippen MR) is 102 cm³/mol. The van der Waals surface area contributed by atoms with E-state index in [2.05, 4.69) is 4.57 Å². The van der Waals surface area contributed by atoms with E-state index in [-0.39, 0.29) is 17.6 Å². The minimum Gasteiger partial charge on any atom is -0.380 e. The first-order chi connectivity index (χ1) is 13.2. The second kappa shape index (κ2) is 7.48. The molecule has 2 aromatic carbocycles. The number of amides is 1. The van der Waals surface area contributed by atoms with Crippen molar-refractivity contribution in [1.29, 1.82) is 0 Å². The summed E-state index contributed by atoms with van der Waals surface area (Å²) in [5.41, 5.74) is 2.27. The molecule has 1 saturated heterocycles. The summed E-state index contributed by atoms with van der Waals surface area (Å²) in [4.78, 5) is 18.9. The van der Waals surface area contributed by atoms with Gasteiger partial charge in [0.25, 0.3) is 0 Å². The quantitative estimate of drug-likeness (QED) is 0.624. The van der Waals surface area contributed by atoms with E-state index in [1.54, 1.807) is 18.2 Å². The maximum absolute atomic E-state index is 14.2. The average molecular weight is 367 g/mol. The molecule has 0 saturated carbocycles. The Morgan fingerprint density at radius 2 is 1.96 bits per heavy atom. The summed E-state index contributed by atoms with van der Waals surface area (Å²) in [6.45, 7) is 4.31. The third kappa shape index (κ3) is 3.32. The van der Waals surface area contributed by atoms with E-state index >= 15 is 0 Å². The van der Waals surface area contributed by atoms with Crippen LogP contribution in [-0.2, 0) is 16.1 Å². The van der Waals surface area contributed by atoms with Crippen LogP contribution in [-0.4, -0.2) is 35.2 Å². The van der Waals surface area contributed by atoms with Gasteiger partial charge >= 0.3 is 0 Å². The summed E-state index contributed by atoms with van der Waals surface area (Å²) < 4.78 is 21.8. The van der Waals surface area contributed by atoms with E-state index < -0.39 is 0 Å². The van der Waals surface area contributed by atoms with E-state index in [0.717, 1.165) is 16.9 Å². The lowest BCUT2D eigenvalue weighted by atomic mass is 10.1. The van der Waals surface area contributed by atoms with Gasteiger partial charge in [0.15, 0.2) is 0 Å². The van der Waals surface area contributed by atoms with Gasteiger partial charge in [0.1, 0.15) is 11.6 Å². The van der Waals surface area contributed by atoms with Gasteiger partial charge in [-0.15, -0.1) is 0 Å². The third-order valence-corrected chi connectivity index (χ3v) is 4.98. The zero-order chi connectivity index (χ0) is 18.8. The number of carbonyl (C=O) groups excluding carboxylic acids is 1. The molecule has 4 rings (SSSR count). The van der Waals surface area contributed by atoms with Crippen LogP contribution < -0.4 is 4.90 Å². The number of carbonyl (C=O) groups is 1. The summed E-state index contributed by atoms with van der Waals surface area (Å²) in [5.74, 6) is 0.332. The molecule has 0 spiro atoms. The summed E-state index contributed by atoms with van der Waals surface area (Å²) in [5, 5.41) is 0. The maximum Gasteiger partial charge on any atom is 0.227 e. The van der Waals surface area contributed by atoms with E-state index in [0.29, 0.717) is 38.4 Å². The molecule has 0 bridgehead atoms. The molecule has 1 fully saturated rings. The first-order valence-corrected chi connectivity index (χ1v) is 9.27. The molecule has 1 unspecified atom stereocenters. The first kappa shape index (κ1) is 17.7. The van der Waals surface area contributed by atoms with Gasteiger partial charge in [-0.3, -0.25) is 4.79 Å². The van der Waals surface area contributed by atoms with Gasteiger partial charge in [-0.1, -0.05) is 24.3 Å². The molecule has 1 aliphatic rings. The van der Waals surface area contributed by atoms with Crippen molar-refractivity contribution in [2.24, 2.45) is 0 Å². The van der Waals surface area contributed by atoms with Crippen molar-refractivity contribution in [2.75, 3.05) is 24.7 Å². The molecule has 3 aromatic rings. The number of benzene rings is 2.